The van der Waals surface area contributed by atoms with Gasteiger partial charge in [-0.3, -0.25) is 9.59 Å². The fourth-order valence-electron chi connectivity index (χ4n) is 4.26. The number of rotatable bonds is 10. The van der Waals surface area contributed by atoms with E-state index in [4.69, 9.17) is 9.47 Å². The molecule has 0 aromatic heterocycles. The van der Waals surface area contributed by atoms with E-state index < -0.39 is 24.6 Å². The van der Waals surface area contributed by atoms with Crippen molar-refractivity contribution < 1.29 is 34.4 Å². The summed E-state index contributed by atoms with van der Waals surface area (Å²) in [5, 5.41) is 30.4. The zero-order chi connectivity index (χ0) is 28.8. The van der Waals surface area contributed by atoms with Crippen molar-refractivity contribution in [2.24, 2.45) is 0 Å². The number of phenols is 2. The third-order valence-electron chi connectivity index (χ3n) is 6.50. The number of aliphatic hydroxyl groups excluding tert-OH is 1. The summed E-state index contributed by atoms with van der Waals surface area (Å²) in [5.74, 6) is -0.429. The van der Waals surface area contributed by atoms with Crippen LogP contribution in [0.2, 0.25) is 0 Å². The molecule has 0 radical (unpaired) electrons. The van der Waals surface area contributed by atoms with Gasteiger partial charge in [0.05, 0.1) is 6.61 Å². The first-order valence-electron chi connectivity index (χ1n) is 13.1. The van der Waals surface area contributed by atoms with Crippen LogP contribution in [0.3, 0.4) is 0 Å². The Bertz CT molecular complexity index is 1140. The molecular formula is C31H44O7. The van der Waals surface area contributed by atoms with Crippen LogP contribution in [-0.2, 0) is 42.7 Å². The Kier molecular flexibility index (Phi) is 10.4. The maximum atomic E-state index is 12.4. The fourth-order valence-corrected chi connectivity index (χ4v) is 4.26. The molecule has 0 aliphatic rings. The molecule has 7 nitrogen and oxygen atoms in total. The van der Waals surface area contributed by atoms with Crippen molar-refractivity contribution in [3.05, 3.63) is 57.6 Å². The van der Waals surface area contributed by atoms with Gasteiger partial charge in [-0.05, 0) is 70.9 Å². The van der Waals surface area contributed by atoms with Crippen LogP contribution in [0.4, 0.5) is 0 Å². The fraction of sp³-hybridized carbons (Fsp3) is 0.548. The van der Waals surface area contributed by atoms with Gasteiger partial charge in [0.1, 0.15) is 18.1 Å². The van der Waals surface area contributed by atoms with E-state index in [0.29, 0.717) is 12.8 Å². The number of phenolic OH excluding ortho intramolecular Hbond substituents is 2. The standard InChI is InChI=1S/C31H44O7/c1-19-13-21(15-24(28(19)35)30(3,4)5)9-11-26(33)37-18-23(17-32)38-27(34)12-10-22-14-20(2)29(36)25(16-22)31(6,7)8/h13-16,23,32,35-36H,9-12,17-18H2,1-8H3. The van der Waals surface area contributed by atoms with Crippen molar-refractivity contribution in [1.29, 1.82) is 0 Å². The van der Waals surface area contributed by atoms with E-state index in [-0.39, 0.29) is 41.8 Å². The Labute approximate surface area is 226 Å². The maximum Gasteiger partial charge on any atom is 0.306 e. The second-order valence-corrected chi connectivity index (χ2v) is 12.1. The summed E-state index contributed by atoms with van der Waals surface area (Å²) in [5.41, 5.74) is 4.50. The summed E-state index contributed by atoms with van der Waals surface area (Å²) in [6, 6.07) is 7.52. The molecule has 1 atom stereocenters. The van der Waals surface area contributed by atoms with E-state index in [1.165, 1.54) is 0 Å². The van der Waals surface area contributed by atoms with Crippen LogP contribution in [0.5, 0.6) is 11.5 Å². The highest BCUT2D eigenvalue weighted by Gasteiger charge is 2.22. The highest BCUT2D eigenvalue weighted by molar-refractivity contribution is 5.71. The molecule has 0 amide bonds. The summed E-state index contributed by atoms with van der Waals surface area (Å²) in [6.45, 7) is 15.1. The maximum absolute atomic E-state index is 12.4. The molecule has 0 aliphatic heterocycles. The molecule has 0 heterocycles. The number of aromatic hydroxyl groups is 2. The number of aliphatic hydroxyl groups is 1. The lowest BCUT2D eigenvalue weighted by Gasteiger charge is -2.23. The third kappa shape index (κ3) is 8.76. The van der Waals surface area contributed by atoms with Crippen LogP contribution in [0.1, 0.15) is 87.8 Å². The number of hydrogen-bond donors (Lipinski definition) is 3. The van der Waals surface area contributed by atoms with E-state index in [2.05, 4.69) is 0 Å². The van der Waals surface area contributed by atoms with Crippen LogP contribution in [0, 0.1) is 13.8 Å². The van der Waals surface area contributed by atoms with Gasteiger partial charge in [-0.2, -0.15) is 0 Å². The minimum Gasteiger partial charge on any atom is -0.507 e. The minimum absolute atomic E-state index is 0.0918. The van der Waals surface area contributed by atoms with Crippen LogP contribution >= 0.6 is 0 Å². The van der Waals surface area contributed by atoms with Crippen molar-refractivity contribution in [1.82, 2.24) is 0 Å². The Morgan fingerprint density at radius 3 is 1.58 bits per heavy atom. The molecule has 1 unspecified atom stereocenters. The van der Waals surface area contributed by atoms with Crippen molar-refractivity contribution in [2.45, 2.75) is 98.0 Å². The first-order valence-corrected chi connectivity index (χ1v) is 13.1. The zero-order valence-corrected chi connectivity index (χ0v) is 24.1. The lowest BCUT2D eigenvalue weighted by molar-refractivity contribution is -0.161. The number of carbonyl (C=O) groups is 2. The summed E-state index contributed by atoms with van der Waals surface area (Å²) in [7, 11) is 0. The Balaban J connectivity index is 1.87. The smallest absolute Gasteiger partial charge is 0.306 e. The second-order valence-electron chi connectivity index (χ2n) is 12.1. The van der Waals surface area contributed by atoms with Gasteiger partial charge >= 0.3 is 11.9 Å². The SMILES string of the molecule is Cc1cc(CCC(=O)OCC(CO)OC(=O)CCc2cc(C)c(O)c(C(C)(C)C)c2)cc(C(C)(C)C)c1O. The quantitative estimate of drug-likeness (QED) is 0.358. The molecule has 7 heteroatoms. The number of hydrogen-bond acceptors (Lipinski definition) is 7. The molecule has 38 heavy (non-hydrogen) atoms. The van der Waals surface area contributed by atoms with Gasteiger partial charge in [-0.1, -0.05) is 65.8 Å². The molecule has 210 valence electrons. The highest BCUT2D eigenvalue weighted by atomic mass is 16.6. The van der Waals surface area contributed by atoms with Crippen molar-refractivity contribution in [3.63, 3.8) is 0 Å². The predicted molar refractivity (Wildman–Crippen MR) is 148 cm³/mol. The van der Waals surface area contributed by atoms with Crippen LogP contribution < -0.4 is 0 Å². The van der Waals surface area contributed by atoms with Crippen LogP contribution in [0.15, 0.2) is 24.3 Å². The van der Waals surface area contributed by atoms with Crippen LogP contribution in [-0.4, -0.2) is 46.6 Å². The number of benzene rings is 2. The molecule has 3 N–H and O–H groups in total. The van der Waals surface area contributed by atoms with Gasteiger partial charge in [-0.25, -0.2) is 0 Å². The van der Waals surface area contributed by atoms with E-state index in [1.54, 1.807) is 0 Å². The third-order valence-corrected chi connectivity index (χ3v) is 6.50. The van der Waals surface area contributed by atoms with E-state index >= 15 is 0 Å². The monoisotopic (exact) mass is 528 g/mol. The molecule has 0 fully saturated rings. The summed E-state index contributed by atoms with van der Waals surface area (Å²) in [4.78, 5) is 24.7. The minimum atomic E-state index is -0.943. The molecule has 0 spiro atoms. The van der Waals surface area contributed by atoms with E-state index in [1.807, 2.05) is 79.7 Å². The summed E-state index contributed by atoms with van der Waals surface area (Å²) in [6.07, 6.45) is 0.130. The van der Waals surface area contributed by atoms with Gasteiger partial charge in [-0.15, -0.1) is 0 Å². The molecule has 0 saturated carbocycles. The number of ether oxygens (including phenoxy) is 2. The first-order chi connectivity index (χ1) is 17.5. The highest BCUT2D eigenvalue weighted by Crippen LogP contribution is 2.35. The Morgan fingerprint density at radius 1 is 0.763 bits per heavy atom. The Morgan fingerprint density at radius 2 is 1.18 bits per heavy atom. The van der Waals surface area contributed by atoms with Crippen molar-refractivity contribution in [3.8, 4) is 11.5 Å². The lowest BCUT2D eigenvalue weighted by Crippen LogP contribution is -2.28. The van der Waals surface area contributed by atoms with Gasteiger partial charge in [0.15, 0.2) is 6.10 Å². The zero-order valence-electron chi connectivity index (χ0n) is 24.1. The molecular weight excluding hydrogens is 484 g/mol. The molecule has 2 aromatic rings. The Hall–Kier alpha value is -3.06. The van der Waals surface area contributed by atoms with Gasteiger partial charge < -0.3 is 24.8 Å². The first kappa shape index (κ1) is 31.2. The van der Waals surface area contributed by atoms with Crippen molar-refractivity contribution >= 4 is 11.9 Å². The number of aryl methyl sites for hydroxylation is 4. The normalized spacial score (nSPS) is 12.8. The van der Waals surface area contributed by atoms with Crippen molar-refractivity contribution in [2.75, 3.05) is 13.2 Å². The van der Waals surface area contributed by atoms with E-state index in [0.717, 1.165) is 33.4 Å². The van der Waals surface area contributed by atoms with E-state index in [9.17, 15) is 24.9 Å². The average molecular weight is 529 g/mol. The summed E-state index contributed by atoms with van der Waals surface area (Å²) >= 11 is 0. The lowest BCUT2D eigenvalue weighted by atomic mass is 9.83. The number of carbonyl (C=O) groups excluding carboxylic acids is 2. The average Bonchev–Trinajstić information content (AvgIpc) is 2.81. The molecule has 0 saturated heterocycles. The van der Waals surface area contributed by atoms with Gasteiger partial charge in [0.2, 0.25) is 0 Å². The topological polar surface area (TPSA) is 113 Å². The predicted octanol–water partition coefficient (Wildman–Crippen LogP) is 5.32. The molecule has 0 aliphatic carbocycles. The van der Waals surface area contributed by atoms with Gasteiger partial charge in [0, 0.05) is 12.8 Å². The second kappa shape index (κ2) is 12.7. The molecule has 2 aromatic carbocycles. The molecule has 2 rings (SSSR count). The molecule has 0 bridgehead atoms. The van der Waals surface area contributed by atoms with Gasteiger partial charge in [0.25, 0.3) is 0 Å². The largest absolute Gasteiger partial charge is 0.507 e. The number of esters is 2. The summed E-state index contributed by atoms with van der Waals surface area (Å²) < 4.78 is 10.6. The van der Waals surface area contributed by atoms with Crippen LogP contribution in [0.25, 0.3) is 0 Å².